The SMILES string of the molecule is COc1ccccc1C(c1ccccc1OC)N1CCCCC1. The van der Waals surface area contributed by atoms with Gasteiger partial charge in [0, 0.05) is 11.1 Å². The highest BCUT2D eigenvalue weighted by Crippen LogP contribution is 2.39. The number of hydrogen-bond donors (Lipinski definition) is 0. The van der Waals surface area contributed by atoms with Gasteiger partial charge in [-0.25, -0.2) is 0 Å². The van der Waals surface area contributed by atoms with E-state index in [-0.39, 0.29) is 6.04 Å². The Kier molecular flexibility index (Phi) is 5.19. The van der Waals surface area contributed by atoms with Crippen molar-refractivity contribution in [3.8, 4) is 11.5 Å². The molecule has 122 valence electrons. The lowest BCUT2D eigenvalue weighted by Gasteiger charge is -2.36. The molecule has 23 heavy (non-hydrogen) atoms. The Labute approximate surface area is 138 Å². The molecule has 0 radical (unpaired) electrons. The second-order valence-electron chi connectivity index (χ2n) is 5.98. The average Bonchev–Trinajstić information content (AvgIpc) is 2.64. The van der Waals surface area contributed by atoms with E-state index in [0.29, 0.717) is 0 Å². The topological polar surface area (TPSA) is 21.7 Å². The van der Waals surface area contributed by atoms with E-state index in [0.717, 1.165) is 24.6 Å². The molecule has 1 saturated heterocycles. The average molecular weight is 311 g/mol. The van der Waals surface area contributed by atoms with Gasteiger partial charge in [0.1, 0.15) is 11.5 Å². The summed E-state index contributed by atoms with van der Waals surface area (Å²) in [6.07, 6.45) is 3.82. The summed E-state index contributed by atoms with van der Waals surface area (Å²) in [7, 11) is 3.49. The highest BCUT2D eigenvalue weighted by Gasteiger charge is 2.28. The van der Waals surface area contributed by atoms with Crippen LogP contribution in [0, 0.1) is 0 Å². The minimum absolute atomic E-state index is 0.169. The standard InChI is InChI=1S/C20H25NO2/c1-22-18-12-6-4-10-16(18)20(21-14-8-3-9-15-21)17-11-5-7-13-19(17)23-2/h4-7,10-13,20H,3,8-9,14-15H2,1-2H3. The van der Waals surface area contributed by atoms with E-state index in [1.54, 1.807) is 14.2 Å². The summed E-state index contributed by atoms with van der Waals surface area (Å²) in [4.78, 5) is 2.55. The molecule has 1 aliphatic rings. The maximum atomic E-state index is 5.64. The zero-order chi connectivity index (χ0) is 16.1. The first-order valence-corrected chi connectivity index (χ1v) is 8.35. The Morgan fingerprint density at radius 1 is 0.739 bits per heavy atom. The summed E-state index contributed by atoms with van der Waals surface area (Å²) in [5.74, 6) is 1.88. The van der Waals surface area contributed by atoms with Crippen LogP contribution in [-0.2, 0) is 0 Å². The largest absolute Gasteiger partial charge is 0.496 e. The van der Waals surface area contributed by atoms with Gasteiger partial charge in [0.25, 0.3) is 0 Å². The van der Waals surface area contributed by atoms with Crippen LogP contribution in [0.25, 0.3) is 0 Å². The Hall–Kier alpha value is -2.00. The predicted molar refractivity (Wildman–Crippen MR) is 93.3 cm³/mol. The third-order valence-electron chi connectivity index (χ3n) is 4.62. The van der Waals surface area contributed by atoms with Gasteiger partial charge in [-0.15, -0.1) is 0 Å². The van der Waals surface area contributed by atoms with E-state index in [4.69, 9.17) is 9.47 Å². The van der Waals surface area contributed by atoms with Crippen LogP contribution < -0.4 is 9.47 Å². The molecule has 0 aliphatic carbocycles. The molecular formula is C20H25NO2. The molecule has 3 nitrogen and oxygen atoms in total. The molecule has 0 spiro atoms. The fraction of sp³-hybridized carbons (Fsp3) is 0.400. The summed E-state index contributed by atoms with van der Waals surface area (Å²) < 4.78 is 11.3. The molecule has 1 heterocycles. The maximum Gasteiger partial charge on any atom is 0.123 e. The van der Waals surface area contributed by atoms with Gasteiger partial charge in [-0.3, -0.25) is 4.90 Å². The minimum Gasteiger partial charge on any atom is -0.496 e. The normalized spacial score (nSPS) is 15.6. The second kappa shape index (κ2) is 7.51. The van der Waals surface area contributed by atoms with Crippen LogP contribution >= 0.6 is 0 Å². The van der Waals surface area contributed by atoms with E-state index < -0.39 is 0 Å². The van der Waals surface area contributed by atoms with Crippen molar-refractivity contribution >= 4 is 0 Å². The number of benzene rings is 2. The molecule has 3 heteroatoms. The summed E-state index contributed by atoms with van der Waals surface area (Å²) in [5.41, 5.74) is 2.42. The lowest BCUT2D eigenvalue weighted by atomic mass is 9.93. The van der Waals surface area contributed by atoms with Gasteiger partial charge < -0.3 is 9.47 Å². The highest BCUT2D eigenvalue weighted by atomic mass is 16.5. The molecule has 0 saturated carbocycles. The third-order valence-corrected chi connectivity index (χ3v) is 4.62. The van der Waals surface area contributed by atoms with Crippen LogP contribution in [0.15, 0.2) is 48.5 Å². The highest BCUT2D eigenvalue weighted by molar-refractivity contribution is 5.46. The van der Waals surface area contributed by atoms with Crippen molar-refractivity contribution in [3.63, 3.8) is 0 Å². The van der Waals surface area contributed by atoms with Crippen molar-refractivity contribution in [2.75, 3.05) is 27.3 Å². The fourth-order valence-corrected chi connectivity index (χ4v) is 3.52. The van der Waals surface area contributed by atoms with Crippen LogP contribution in [0.1, 0.15) is 36.4 Å². The number of piperidine rings is 1. The fourth-order valence-electron chi connectivity index (χ4n) is 3.52. The maximum absolute atomic E-state index is 5.64. The van der Waals surface area contributed by atoms with Gasteiger partial charge in [0.2, 0.25) is 0 Å². The lowest BCUT2D eigenvalue weighted by Crippen LogP contribution is -2.34. The Bertz CT molecular complexity index is 588. The summed E-state index contributed by atoms with van der Waals surface area (Å²) >= 11 is 0. The first kappa shape index (κ1) is 15.9. The summed E-state index contributed by atoms with van der Waals surface area (Å²) in [6.45, 7) is 2.22. The minimum atomic E-state index is 0.169. The lowest BCUT2D eigenvalue weighted by molar-refractivity contribution is 0.182. The predicted octanol–water partition coefficient (Wildman–Crippen LogP) is 4.28. The molecule has 2 aromatic carbocycles. The summed E-state index contributed by atoms with van der Waals surface area (Å²) in [6, 6.07) is 16.8. The van der Waals surface area contributed by atoms with E-state index in [1.165, 1.54) is 30.4 Å². The van der Waals surface area contributed by atoms with Gasteiger partial charge >= 0.3 is 0 Å². The Morgan fingerprint density at radius 3 is 1.70 bits per heavy atom. The van der Waals surface area contributed by atoms with Crippen molar-refractivity contribution < 1.29 is 9.47 Å². The third kappa shape index (κ3) is 3.35. The molecule has 0 aromatic heterocycles. The van der Waals surface area contributed by atoms with Crippen molar-refractivity contribution in [1.82, 2.24) is 4.90 Å². The molecule has 0 unspecified atom stereocenters. The molecule has 0 bridgehead atoms. The Balaban J connectivity index is 2.10. The van der Waals surface area contributed by atoms with Gasteiger partial charge in [0.15, 0.2) is 0 Å². The zero-order valence-corrected chi connectivity index (χ0v) is 14.0. The smallest absolute Gasteiger partial charge is 0.123 e. The monoisotopic (exact) mass is 311 g/mol. The van der Waals surface area contributed by atoms with Crippen molar-refractivity contribution in [2.24, 2.45) is 0 Å². The van der Waals surface area contributed by atoms with Crippen molar-refractivity contribution in [2.45, 2.75) is 25.3 Å². The molecule has 0 atom stereocenters. The number of nitrogens with zero attached hydrogens (tertiary/aromatic N) is 1. The first-order chi connectivity index (χ1) is 11.3. The van der Waals surface area contributed by atoms with Crippen LogP contribution in [0.2, 0.25) is 0 Å². The van der Waals surface area contributed by atoms with Crippen molar-refractivity contribution in [1.29, 1.82) is 0 Å². The van der Waals surface area contributed by atoms with Crippen molar-refractivity contribution in [3.05, 3.63) is 59.7 Å². The van der Waals surface area contributed by atoms with E-state index >= 15 is 0 Å². The van der Waals surface area contributed by atoms with Crippen LogP contribution in [0.4, 0.5) is 0 Å². The quantitative estimate of drug-likeness (QED) is 0.822. The number of rotatable bonds is 5. The molecule has 3 rings (SSSR count). The van der Waals surface area contributed by atoms with Crippen LogP contribution in [0.3, 0.4) is 0 Å². The number of para-hydroxylation sites is 2. The summed E-state index contributed by atoms with van der Waals surface area (Å²) in [5, 5.41) is 0. The van der Waals surface area contributed by atoms with E-state index in [2.05, 4.69) is 29.2 Å². The van der Waals surface area contributed by atoms with Gasteiger partial charge in [-0.1, -0.05) is 42.8 Å². The van der Waals surface area contributed by atoms with Gasteiger partial charge in [-0.05, 0) is 38.1 Å². The molecular weight excluding hydrogens is 286 g/mol. The molecule has 1 fully saturated rings. The van der Waals surface area contributed by atoms with Gasteiger partial charge in [-0.2, -0.15) is 0 Å². The molecule has 0 N–H and O–H groups in total. The first-order valence-electron chi connectivity index (χ1n) is 8.35. The number of ether oxygens (including phenoxy) is 2. The van der Waals surface area contributed by atoms with E-state index in [1.807, 2.05) is 24.3 Å². The molecule has 0 amide bonds. The molecule has 2 aromatic rings. The second-order valence-corrected chi connectivity index (χ2v) is 5.98. The Morgan fingerprint density at radius 2 is 1.22 bits per heavy atom. The van der Waals surface area contributed by atoms with Gasteiger partial charge in [0.05, 0.1) is 20.3 Å². The zero-order valence-electron chi connectivity index (χ0n) is 14.0. The van der Waals surface area contributed by atoms with Crippen LogP contribution in [0.5, 0.6) is 11.5 Å². The number of hydrogen-bond acceptors (Lipinski definition) is 3. The molecule has 1 aliphatic heterocycles. The number of methoxy groups -OCH3 is 2. The number of likely N-dealkylation sites (tertiary alicyclic amines) is 1. The van der Waals surface area contributed by atoms with E-state index in [9.17, 15) is 0 Å². The van der Waals surface area contributed by atoms with Crippen LogP contribution in [-0.4, -0.2) is 32.2 Å².